The van der Waals surface area contributed by atoms with Crippen LogP contribution < -0.4 is 0 Å². The topological polar surface area (TPSA) is 12.4 Å². The van der Waals surface area contributed by atoms with Crippen molar-refractivity contribution in [2.24, 2.45) is 10.9 Å². The average molecular weight is 313 g/mol. The monoisotopic (exact) mass is 313 g/mol. The van der Waals surface area contributed by atoms with Crippen LogP contribution in [0.4, 0.5) is 4.39 Å². The summed E-state index contributed by atoms with van der Waals surface area (Å²) >= 11 is 0. The molecule has 1 unspecified atom stereocenters. The van der Waals surface area contributed by atoms with E-state index in [1.54, 1.807) is 0 Å². The zero-order chi connectivity index (χ0) is 17.6. The molecule has 0 N–H and O–H groups in total. The predicted octanol–water partition coefficient (Wildman–Crippen LogP) is 6.64. The van der Waals surface area contributed by atoms with Gasteiger partial charge in [0.2, 0.25) is 0 Å². The molecular weight excluding hydrogens is 285 g/mol. The third-order valence-electron chi connectivity index (χ3n) is 4.48. The summed E-state index contributed by atoms with van der Waals surface area (Å²) in [5, 5.41) is 0. The van der Waals surface area contributed by atoms with Crippen LogP contribution in [-0.2, 0) is 0 Å². The summed E-state index contributed by atoms with van der Waals surface area (Å²) in [6.45, 7) is 19.2. The SMILES string of the molecule is C=NC(=C)/C(F)=C\C(C1=CCC(CC)C(CC)=C1)=C(\C)C(=C)C. The Labute approximate surface area is 140 Å². The normalized spacial score (nSPS) is 19.5. The maximum absolute atomic E-state index is 14.3. The van der Waals surface area contributed by atoms with Gasteiger partial charge in [0.15, 0.2) is 0 Å². The molecule has 1 rings (SSSR count). The molecule has 1 aliphatic rings. The van der Waals surface area contributed by atoms with Crippen LogP contribution in [0.1, 0.15) is 47.0 Å². The minimum absolute atomic E-state index is 0.0551. The van der Waals surface area contributed by atoms with E-state index in [-0.39, 0.29) is 5.70 Å². The molecule has 0 spiro atoms. The van der Waals surface area contributed by atoms with Crippen molar-refractivity contribution in [1.82, 2.24) is 0 Å². The van der Waals surface area contributed by atoms with Gasteiger partial charge < -0.3 is 0 Å². The Balaban J connectivity index is 3.39. The van der Waals surface area contributed by atoms with Crippen LogP contribution in [0, 0.1) is 5.92 Å². The maximum Gasteiger partial charge on any atom is 0.148 e. The van der Waals surface area contributed by atoms with Crippen molar-refractivity contribution in [3.8, 4) is 0 Å². The first kappa shape index (κ1) is 19.1. The van der Waals surface area contributed by atoms with Gasteiger partial charge in [0.05, 0.1) is 5.70 Å². The highest BCUT2D eigenvalue weighted by atomic mass is 19.1. The van der Waals surface area contributed by atoms with Crippen molar-refractivity contribution in [1.29, 1.82) is 0 Å². The minimum atomic E-state index is -0.458. The van der Waals surface area contributed by atoms with E-state index in [4.69, 9.17) is 0 Å². The van der Waals surface area contributed by atoms with Crippen LogP contribution in [0.5, 0.6) is 0 Å². The first-order valence-corrected chi connectivity index (χ1v) is 8.16. The van der Waals surface area contributed by atoms with Crippen molar-refractivity contribution in [2.75, 3.05) is 0 Å². The fourth-order valence-corrected chi connectivity index (χ4v) is 2.73. The molecule has 0 fully saturated rings. The molecule has 0 saturated heterocycles. The fourth-order valence-electron chi connectivity index (χ4n) is 2.73. The number of hydrogen-bond donors (Lipinski definition) is 0. The van der Waals surface area contributed by atoms with Crippen LogP contribution in [0.2, 0.25) is 0 Å². The molecule has 0 aliphatic heterocycles. The molecule has 0 aromatic rings. The van der Waals surface area contributed by atoms with E-state index in [0.717, 1.165) is 41.6 Å². The Bertz CT molecular complexity index is 626. The van der Waals surface area contributed by atoms with Gasteiger partial charge in [-0.15, -0.1) is 0 Å². The molecule has 23 heavy (non-hydrogen) atoms. The molecule has 0 bridgehead atoms. The summed E-state index contributed by atoms with van der Waals surface area (Å²) in [5.41, 5.74) is 5.28. The van der Waals surface area contributed by atoms with Crippen LogP contribution in [-0.4, -0.2) is 6.72 Å². The number of aliphatic imine (C=N–C) groups is 1. The van der Waals surface area contributed by atoms with Gasteiger partial charge in [0, 0.05) is 0 Å². The number of halogens is 1. The van der Waals surface area contributed by atoms with Crippen molar-refractivity contribution >= 4 is 6.72 Å². The lowest BCUT2D eigenvalue weighted by Crippen LogP contribution is -2.08. The van der Waals surface area contributed by atoms with E-state index < -0.39 is 5.83 Å². The van der Waals surface area contributed by atoms with Gasteiger partial charge in [-0.2, -0.15) is 0 Å². The van der Waals surface area contributed by atoms with E-state index in [1.165, 1.54) is 11.6 Å². The first-order chi connectivity index (χ1) is 10.8. The molecule has 0 aromatic heterocycles. The first-order valence-electron chi connectivity index (χ1n) is 8.16. The van der Waals surface area contributed by atoms with Crippen LogP contribution >= 0.6 is 0 Å². The predicted molar refractivity (Wildman–Crippen MR) is 100 cm³/mol. The zero-order valence-electron chi connectivity index (χ0n) is 14.9. The maximum atomic E-state index is 14.3. The van der Waals surface area contributed by atoms with Crippen LogP contribution in [0.15, 0.2) is 75.8 Å². The van der Waals surface area contributed by atoms with Crippen molar-refractivity contribution < 1.29 is 4.39 Å². The van der Waals surface area contributed by atoms with Gasteiger partial charge in [-0.25, -0.2) is 4.39 Å². The second kappa shape index (κ2) is 8.61. The lowest BCUT2D eigenvalue weighted by atomic mass is 9.82. The third kappa shape index (κ3) is 4.75. The molecule has 0 heterocycles. The van der Waals surface area contributed by atoms with E-state index in [0.29, 0.717) is 5.92 Å². The highest BCUT2D eigenvalue weighted by molar-refractivity contribution is 5.56. The van der Waals surface area contributed by atoms with Gasteiger partial charge in [0.1, 0.15) is 5.83 Å². The summed E-state index contributed by atoms with van der Waals surface area (Å²) < 4.78 is 14.3. The average Bonchev–Trinajstić information content (AvgIpc) is 2.57. The molecule has 1 atom stereocenters. The van der Waals surface area contributed by atoms with E-state index in [1.807, 2.05) is 13.8 Å². The van der Waals surface area contributed by atoms with Crippen molar-refractivity contribution in [3.05, 3.63) is 70.8 Å². The highest BCUT2D eigenvalue weighted by Gasteiger charge is 2.18. The Hall–Kier alpha value is -1.96. The van der Waals surface area contributed by atoms with Gasteiger partial charge in [-0.05, 0) is 68.5 Å². The van der Waals surface area contributed by atoms with Gasteiger partial charge in [-0.3, -0.25) is 4.99 Å². The van der Waals surface area contributed by atoms with Crippen molar-refractivity contribution in [3.63, 3.8) is 0 Å². The molecule has 0 radical (unpaired) electrons. The fraction of sp³-hybridized carbons (Fsp3) is 0.381. The minimum Gasteiger partial charge on any atom is -0.262 e. The molecule has 0 amide bonds. The van der Waals surface area contributed by atoms with Gasteiger partial charge in [-0.1, -0.05) is 50.3 Å². The molecule has 0 aromatic carbocycles. The molecule has 1 aliphatic carbocycles. The zero-order valence-corrected chi connectivity index (χ0v) is 14.9. The van der Waals surface area contributed by atoms with E-state index in [9.17, 15) is 4.39 Å². The van der Waals surface area contributed by atoms with Gasteiger partial charge >= 0.3 is 0 Å². The number of allylic oxidation sites excluding steroid dienone is 9. The number of nitrogens with zero attached hydrogens (tertiary/aromatic N) is 1. The van der Waals surface area contributed by atoms with Crippen LogP contribution in [0.3, 0.4) is 0 Å². The summed E-state index contributed by atoms with van der Waals surface area (Å²) in [7, 11) is 0. The third-order valence-corrected chi connectivity index (χ3v) is 4.48. The Kier molecular flexibility index (Phi) is 7.15. The summed E-state index contributed by atoms with van der Waals surface area (Å²) in [4.78, 5) is 3.58. The molecule has 1 nitrogen and oxygen atoms in total. The number of rotatable bonds is 7. The molecular formula is C21H28FN. The highest BCUT2D eigenvalue weighted by Crippen LogP contribution is 2.34. The molecule has 2 heteroatoms. The standard InChI is InChI=1S/C21H28FN/c1-8-17-10-11-19(12-18(17)9-2)20(15(5)14(3)4)13-21(22)16(6)23-7/h11-13,17H,3,6-10H2,1-2,4-5H3/b20-15+,21-13+. The second-order valence-electron chi connectivity index (χ2n) is 5.99. The Morgan fingerprint density at radius 1 is 1.35 bits per heavy atom. The summed E-state index contributed by atoms with van der Waals surface area (Å²) in [6, 6.07) is 0. The molecule has 0 saturated carbocycles. The largest absolute Gasteiger partial charge is 0.262 e. The van der Waals surface area contributed by atoms with Crippen molar-refractivity contribution in [2.45, 2.75) is 47.0 Å². The van der Waals surface area contributed by atoms with E-state index >= 15 is 0 Å². The van der Waals surface area contributed by atoms with Gasteiger partial charge in [0.25, 0.3) is 0 Å². The second-order valence-corrected chi connectivity index (χ2v) is 5.99. The Morgan fingerprint density at radius 2 is 2.00 bits per heavy atom. The summed E-state index contributed by atoms with van der Waals surface area (Å²) in [5.74, 6) is 0.134. The van der Waals surface area contributed by atoms with E-state index in [2.05, 4.69) is 50.9 Å². The van der Waals surface area contributed by atoms with Crippen LogP contribution in [0.25, 0.3) is 0 Å². The smallest absolute Gasteiger partial charge is 0.148 e. The quantitative estimate of drug-likeness (QED) is 0.369. The lowest BCUT2D eigenvalue weighted by molar-refractivity contribution is 0.574. The Morgan fingerprint density at radius 3 is 2.48 bits per heavy atom. The lowest BCUT2D eigenvalue weighted by Gasteiger charge is -2.23. The molecule has 124 valence electrons. The number of hydrogen-bond acceptors (Lipinski definition) is 1. The summed E-state index contributed by atoms with van der Waals surface area (Å²) in [6.07, 6.45) is 9.04.